The summed E-state index contributed by atoms with van der Waals surface area (Å²) in [5.74, 6) is -0.767. The Kier molecular flexibility index (Phi) is 6.55. The quantitative estimate of drug-likeness (QED) is 0.730. The molecule has 1 aromatic heterocycles. The van der Waals surface area contributed by atoms with Crippen LogP contribution in [0.4, 0.5) is 10.6 Å². The first kappa shape index (κ1) is 22.2. The van der Waals surface area contributed by atoms with E-state index in [4.69, 9.17) is 21.4 Å². The van der Waals surface area contributed by atoms with Gasteiger partial charge in [-0.2, -0.15) is 10.4 Å². The van der Waals surface area contributed by atoms with Gasteiger partial charge in [0.15, 0.2) is 5.82 Å². The summed E-state index contributed by atoms with van der Waals surface area (Å²) >= 11 is 6.35. The lowest BCUT2D eigenvalue weighted by molar-refractivity contribution is -0.136. The van der Waals surface area contributed by atoms with Crippen LogP contribution in [0.25, 0.3) is 11.3 Å². The number of nitriles is 1. The third kappa shape index (κ3) is 5.48. The van der Waals surface area contributed by atoms with Gasteiger partial charge >= 0.3 is 12.1 Å². The number of nitrogens with one attached hydrogen (secondary N) is 1. The van der Waals surface area contributed by atoms with E-state index >= 15 is 0 Å². The van der Waals surface area contributed by atoms with Crippen molar-refractivity contribution in [2.75, 3.05) is 5.32 Å². The molecule has 154 valence electrons. The highest BCUT2D eigenvalue weighted by Crippen LogP contribution is 2.35. The number of aliphatic carboxylic acids is 1. The van der Waals surface area contributed by atoms with Crippen LogP contribution in [0.1, 0.15) is 51.8 Å². The maximum atomic E-state index is 12.3. The minimum atomic E-state index is -0.973. The Morgan fingerprint density at radius 1 is 1.38 bits per heavy atom. The van der Waals surface area contributed by atoms with E-state index in [-0.39, 0.29) is 28.9 Å². The molecule has 0 bridgehead atoms. The number of carbonyl (C=O) groups excluding carboxylic acids is 1. The number of carboxylic acids is 1. The summed E-state index contributed by atoms with van der Waals surface area (Å²) in [6.45, 7) is 8.93. The SMILES string of the molecule is CC(C)n1nc(-c2ccc(CC(=O)O)cc2Cl)c(C#N)c1NC(=O)OC(C)(C)C. The smallest absolute Gasteiger partial charge is 0.413 e. The predicted octanol–water partition coefficient (Wildman–Crippen LogP) is 4.63. The first-order valence-electron chi connectivity index (χ1n) is 8.96. The molecule has 0 aliphatic rings. The van der Waals surface area contributed by atoms with Gasteiger partial charge in [0.1, 0.15) is 22.9 Å². The van der Waals surface area contributed by atoms with Crippen molar-refractivity contribution in [2.45, 2.75) is 52.7 Å². The van der Waals surface area contributed by atoms with Crippen molar-refractivity contribution in [2.24, 2.45) is 0 Å². The monoisotopic (exact) mass is 418 g/mol. The van der Waals surface area contributed by atoms with E-state index in [1.165, 1.54) is 10.7 Å². The van der Waals surface area contributed by atoms with Crippen molar-refractivity contribution in [3.05, 3.63) is 34.3 Å². The number of aromatic nitrogens is 2. The summed E-state index contributed by atoms with van der Waals surface area (Å²) in [4.78, 5) is 23.2. The Labute approximate surface area is 174 Å². The fourth-order valence-electron chi connectivity index (χ4n) is 2.66. The van der Waals surface area contributed by atoms with Gasteiger partial charge < -0.3 is 9.84 Å². The molecular weight excluding hydrogens is 396 g/mol. The summed E-state index contributed by atoms with van der Waals surface area (Å²) in [6, 6.07) is 6.68. The number of carboxylic acid groups (broad SMARTS) is 1. The number of hydrogen-bond acceptors (Lipinski definition) is 5. The molecule has 0 saturated carbocycles. The molecular formula is C20H23ClN4O4. The lowest BCUT2D eigenvalue weighted by atomic mass is 10.0. The number of carbonyl (C=O) groups is 2. The van der Waals surface area contributed by atoms with Crippen LogP contribution in [0, 0.1) is 11.3 Å². The van der Waals surface area contributed by atoms with Gasteiger partial charge in [-0.15, -0.1) is 0 Å². The summed E-state index contributed by atoms with van der Waals surface area (Å²) in [5, 5.41) is 26.0. The summed E-state index contributed by atoms with van der Waals surface area (Å²) in [5.41, 5.74) is 0.715. The van der Waals surface area contributed by atoms with E-state index in [1.807, 2.05) is 13.8 Å². The van der Waals surface area contributed by atoms with Gasteiger partial charge in [-0.1, -0.05) is 23.7 Å². The second-order valence-corrected chi connectivity index (χ2v) is 8.14. The zero-order chi connectivity index (χ0) is 21.9. The molecule has 2 aromatic rings. The van der Waals surface area contributed by atoms with Crippen LogP contribution >= 0.6 is 11.6 Å². The van der Waals surface area contributed by atoms with Crippen molar-refractivity contribution in [1.82, 2.24) is 9.78 Å². The van der Waals surface area contributed by atoms with Crippen LogP contribution in [0.3, 0.4) is 0 Å². The summed E-state index contributed by atoms with van der Waals surface area (Å²) < 4.78 is 6.80. The Morgan fingerprint density at radius 2 is 2.03 bits per heavy atom. The number of nitrogens with zero attached hydrogens (tertiary/aromatic N) is 3. The molecule has 1 aromatic carbocycles. The molecule has 0 fully saturated rings. The Morgan fingerprint density at radius 3 is 2.52 bits per heavy atom. The van der Waals surface area contributed by atoms with Gasteiger partial charge in [-0.25, -0.2) is 9.48 Å². The third-order valence-electron chi connectivity index (χ3n) is 3.77. The van der Waals surface area contributed by atoms with Crippen molar-refractivity contribution in [3.63, 3.8) is 0 Å². The normalized spacial score (nSPS) is 11.2. The molecule has 0 radical (unpaired) electrons. The summed E-state index contributed by atoms with van der Waals surface area (Å²) in [7, 11) is 0. The van der Waals surface area contributed by atoms with E-state index in [1.54, 1.807) is 32.9 Å². The second kappa shape index (κ2) is 8.53. The van der Waals surface area contributed by atoms with Crippen LogP contribution in [-0.4, -0.2) is 32.6 Å². The molecule has 9 heteroatoms. The Hall–Kier alpha value is -3.05. The van der Waals surface area contributed by atoms with E-state index in [0.29, 0.717) is 16.8 Å². The van der Waals surface area contributed by atoms with Crippen LogP contribution in [0.2, 0.25) is 5.02 Å². The largest absolute Gasteiger partial charge is 0.481 e. The maximum Gasteiger partial charge on any atom is 0.413 e. The molecule has 8 nitrogen and oxygen atoms in total. The molecule has 0 atom stereocenters. The van der Waals surface area contributed by atoms with Gasteiger partial charge in [-0.05, 0) is 46.2 Å². The van der Waals surface area contributed by atoms with Crippen LogP contribution in [0.15, 0.2) is 18.2 Å². The van der Waals surface area contributed by atoms with E-state index < -0.39 is 17.7 Å². The highest BCUT2D eigenvalue weighted by Gasteiger charge is 2.25. The molecule has 0 aliphatic carbocycles. The predicted molar refractivity (Wildman–Crippen MR) is 109 cm³/mol. The van der Waals surface area contributed by atoms with Gasteiger partial charge in [0.2, 0.25) is 0 Å². The van der Waals surface area contributed by atoms with Crippen LogP contribution in [-0.2, 0) is 16.0 Å². The molecule has 29 heavy (non-hydrogen) atoms. The lowest BCUT2D eigenvalue weighted by Crippen LogP contribution is -2.28. The average molecular weight is 419 g/mol. The molecule has 0 spiro atoms. The standard InChI is InChI=1S/C20H23ClN4O4/c1-11(2)25-18(23-19(28)29-20(3,4)5)14(10-22)17(24-25)13-7-6-12(8-15(13)21)9-16(26)27/h6-8,11H,9H2,1-5H3,(H,23,28)(H,26,27). The fourth-order valence-corrected chi connectivity index (χ4v) is 2.95. The van der Waals surface area contributed by atoms with Crippen molar-refractivity contribution in [3.8, 4) is 17.3 Å². The van der Waals surface area contributed by atoms with E-state index in [2.05, 4.69) is 16.5 Å². The zero-order valence-electron chi connectivity index (χ0n) is 16.9. The molecule has 0 aliphatic heterocycles. The fraction of sp³-hybridized carbons (Fsp3) is 0.400. The van der Waals surface area contributed by atoms with Gasteiger partial charge in [-0.3, -0.25) is 10.1 Å². The Balaban J connectivity index is 2.53. The minimum Gasteiger partial charge on any atom is -0.481 e. The molecule has 2 rings (SSSR count). The van der Waals surface area contributed by atoms with E-state index in [0.717, 1.165) is 0 Å². The number of ether oxygens (including phenoxy) is 1. The summed E-state index contributed by atoms with van der Waals surface area (Å²) in [6.07, 6.45) is -0.873. The highest BCUT2D eigenvalue weighted by atomic mass is 35.5. The maximum absolute atomic E-state index is 12.3. The number of halogens is 1. The Bertz CT molecular complexity index is 984. The number of rotatable bonds is 5. The van der Waals surface area contributed by atoms with Crippen LogP contribution < -0.4 is 5.32 Å². The molecule has 2 N–H and O–H groups in total. The zero-order valence-corrected chi connectivity index (χ0v) is 17.7. The first-order chi connectivity index (χ1) is 13.4. The van der Waals surface area contributed by atoms with E-state index in [9.17, 15) is 14.9 Å². The molecule has 0 saturated heterocycles. The minimum absolute atomic E-state index is 0.137. The molecule has 1 amide bonds. The number of benzene rings is 1. The number of anilines is 1. The molecule has 1 heterocycles. The topological polar surface area (TPSA) is 117 Å². The lowest BCUT2D eigenvalue weighted by Gasteiger charge is -2.20. The molecule has 0 unspecified atom stereocenters. The average Bonchev–Trinajstić information content (AvgIpc) is 2.90. The third-order valence-corrected chi connectivity index (χ3v) is 4.09. The van der Waals surface area contributed by atoms with Crippen molar-refractivity contribution < 1.29 is 19.4 Å². The number of amides is 1. The van der Waals surface area contributed by atoms with Gasteiger partial charge in [0, 0.05) is 11.6 Å². The second-order valence-electron chi connectivity index (χ2n) is 7.73. The van der Waals surface area contributed by atoms with Crippen molar-refractivity contribution >= 4 is 29.5 Å². The first-order valence-corrected chi connectivity index (χ1v) is 9.34. The van der Waals surface area contributed by atoms with Crippen LogP contribution in [0.5, 0.6) is 0 Å². The van der Waals surface area contributed by atoms with Gasteiger partial charge in [0.25, 0.3) is 0 Å². The highest BCUT2D eigenvalue weighted by molar-refractivity contribution is 6.33. The van der Waals surface area contributed by atoms with Gasteiger partial charge in [0.05, 0.1) is 11.4 Å². The number of hydrogen-bond donors (Lipinski definition) is 2. The van der Waals surface area contributed by atoms with Crippen molar-refractivity contribution in [1.29, 1.82) is 5.26 Å².